The first kappa shape index (κ1) is 23.9. The third-order valence-electron chi connectivity index (χ3n) is 3.90. The number of hydrogen-bond acceptors (Lipinski definition) is 2. The van der Waals surface area contributed by atoms with Crippen LogP contribution in [0.5, 0.6) is 0 Å². The van der Waals surface area contributed by atoms with E-state index in [9.17, 15) is 0 Å². The van der Waals surface area contributed by atoms with E-state index in [1.165, 1.54) is 95.6 Å². The Morgan fingerprint density at radius 2 is 0.952 bits per heavy atom. The molecule has 130 valence electrons. The van der Waals surface area contributed by atoms with Crippen molar-refractivity contribution in [2.24, 2.45) is 5.73 Å². The minimum absolute atomic E-state index is 0. The maximum Gasteiger partial charge on any atom is 0.00558 e. The Balaban J connectivity index is 0. The van der Waals surface area contributed by atoms with Gasteiger partial charge in [0.2, 0.25) is 0 Å². The highest BCUT2D eigenvalue weighted by molar-refractivity contribution is 7.99. The number of halogens is 1. The summed E-state index contributed by atoms with van der Waals surface area (Å²) in [6.45, 7) is 3.13. The Labute approximate surface area is 145 Å². The molecule has 0 heterocycles. The van der Waals surface area contributed by atoms with Crippen LogP contribution in [0.3, 0.4) is 0 Å². The van der Waals surface area contributed by atoms with Crippen molar-refractivity contribution in [3.8, 4) is 0 Å². The van der Waals surface area contributed by atoms with E-state index in [0.717, 1.165) is 12.3 Å². The second-order valence-electron chi connectivity index (χ2n) is 6.00. The van der Waals surface area contributed by atoms with Crippen molar-refractivity contribution in [2.45, 2.75) is 96.8 Å². The first-order valence-electron chi connectivity index (χ1n) is 9.19. The van der Waals surface area contributed by atoms with Crippen molar-refractivity contribution in [3.05, 3.63) is 0 Å². The maximum atomic E-state index is 5.47. The molecule has 3 heteroatoms. The highest BCUT2D eigenvalue weighted by atomic mass is 35.5. The molecule has 0 rings (SSSR count). The second kappa shape index (κ2) is 22.9. The van der Waals surface area contributed by atoms with Gasteiger partial charge in [0, 0.05) is 12.3 Å². The summed E-state index contributed by atoms with van der Waals surface area (Å²) in [5, 5.41) is 0. The van der Waals surface area contributed by atoms with Crippen molar-refractivity contribution in [2.75, 3.05) is 18.1 Å². The van der Waals surface area contributed by atoms with Crippen LogP contribution in [-0.4, -0.2) is 18.1 Å². The molecule has 0 aromatic carbocycles. The van der Waals surface area contributed by atoms with Crippen LogP contribution in [0, 0.1) is 0 Å². The molecule has 0 aliphatic carbocycles. The molecule has 0 radical (unpaired) electrons. The second-order valence-corrected chi connectivity index (χ2v) is 7.22. The van der Waals surface area contributed by atoms with Crippen LogP contribution in [0.2, 0.25) is 0 Å². The molecule has 0 amide bonds. The summed E-state index contributed by atoms with van der Waals surface area (Å²) in [5.41, 5.74) is 5.47. The van der Waals surface area contributed by atoms with Crippen LogP contribution in [0.4, 0.5) is 0 Å². The highest BCUT2D eigenvalue weighted by Gasteiger charge is 1.94. The van der Waals surface area contributed by atoms with Crippen LogP contribution < -0.4 is 5.73 Å². The lowest BCUT2D eigenvalue weighted by molar-refractivity contribution is 0.538. The average molecular weight is 338 g/mol. The lowest BCUT2D eigenvalue weighted by Crippen LogP contribution is -2.01. The Bertz CT molecular complexity index is 149. The van der Waals surface area contributed by atoms with Crippen LogP contribution in [0.15, 0.2) is 0 Å². The molecule has 0 unspecified atom stereocenters. The third-order valence-corrected chi connectivity index (χ3v) is 5.01. The zero-order chi connectivity index (χ0) is 14.7. The number of rotatable bonds is 17. The van der Waals surface area contributed by atoms with Crippen LogP contribution in [0.1, 0.15) is 96.8 Å². The van der Waals surface area contributed by atoms with Crippen molar-refractivity contribution >= 4 is 24.2 Å². The monoisotopic (exact) mass is 337 g/mol. The lowest BCUT2D eigenvalue weighted by atomic mass is 10.0. The Kier molecular flexibility index (Phi) is 26.0. The number of hydrogen-bond donors (Lipinski definition) is 1. The van der Waals surface area contributed by atoms with Gasteiger partial charge in [-0.2, -0.15) is 11.8 Å². The van der Waals surface area contributed by atoms with Crippen molar-refractivity contribution in [3.63, 3.8) is 0 Å². The van der Waals surface area contributed by atoms with E-state index < -0.39 is 0 Å². The molecule has 21 heavy (non-hydrogen) atoms. The van der Waals surface area contributed by atoms with Crippen LogP contribution in [-0.2, 0) is 0 Å². The molecular weight excluding hydrogens is 298 g/mol. The molecule has 0 aromatic rings. The zero-order valence-corrected chi connectivity index (χ0v) is 16.0. The molecule has 1 nitrogen and oxygen atoms in total. The summed E-state index contributed by atoms with van der Waals surface area (Å²) < 4.78 is 0. The minimum Gasteiger partial charge on any atom is -0.330 e. The summed E-state index contributed by atoms with van der Waals surface area (Å²) in [6.07, 6.45) is 20.3. The van der Waals surface area contributed by atoms with Crippen molar-refractivity contribution < 1.29 is 0 Å². The van der Waals surface area contributed by atoms with Gasteiger partial charge in [0.15, 0.2) is 0 Å². The van der Waals surface area contributed by atoms with E-state index in [4.69, 9.17) is 5.73 Å². The normalized spacial score (nSPS) is 10.6. The van der Waals surface area contributed by atoms with E-state index in [1.54, 1.807) is 0 Å². The molecule has 0 aromatic heterocycles. The standard InChI is InChI=1S/C18H39NS.ClH/c1-2-3-4-5-6-7-8-9-10-11-12-13-14-15-17-20-18-16-19;/h2-19H2,1H3;1H. The largest absolute Gasteiger partial charge is 0.330 e. The van der Waals surface area contributed by atoms with Gasteiger partial charge in [-0.1, -0.05) is 90.4 Å². The molecule has 2 N–H and O–H groups in total. The van der Waals surface area contributed by atoms with Crippen molar-refractivity contribution in [1.29, 1.82) is 0 Å². The van der Waals surface area contributed by atoms with E-state index in [0.29, 0.717) is 0 Å². The average Bonchev–Trinajstić information content (AvgIpc) is 2.47. The third kappa shape index (κ3) is 23.0. The van der Waals surface area contributed by atoms with Gasteiger partial charge in [-0.05, 0) is 12.2 Å². The van der Waals surface area contributed by atoms with Gasteiger partial charge >= 0.3 is 0 Å². The van der Waals surface area contributed by atoms with E-state index in [-0.39, 0.29) is 12.4 Å². The predicted molar refractivity (Wildman–Crippen MR) is 104 cm³/mol. The molecule has 0 saturated heterocycles. The molecule has 0 atom stereocenters. The fourth-order valence-corrected chi connectivity index (χ4v) is 3.36. The maximum absolute atomic E-state index is 5.47. The topological polar surface area (TPSA) is 26.0 Å². The molecule has 0 bridgehead atoms. The minimum atomic E-state index is 0. The van der Waals surface area contributed by atoms with Gasteiger partial charge in [0.05, 0.1) is 0 Å². The fourth-order valence-electron chi connectivity index (χ4n) is 2.58. The van der Waals surface area contributed by atoms with Gasteiger partial charge < -0.3 is 5.73 Å². The molecule has 0 fully saturated rings. The summed E-state index contributed by atoms with van der Waals surface area (Å²) >= 11 is 2.01. The van der Waals surface area contributed by atoms with Gasteiger partial charge in [0.25, 0.3) is 0 Å². The molecule has 0 aliphatic rings. The summed E-state index contributed by atoms with van der Waals surface area (Å²) in [5.74, 6) is 2.45. The smallest absolute Gasteiger partial charge is 0.00558 e. The fraction of sp³-hybridized carbons (Fsp3) is 1.00. The highest BCUT2D eigenvalue weighted by Crippen LogP contribution is 2.13. The molecule has 0 saturated carbocycles. The number of unbranched alkanes of at least 4 members (excludes halogenated alkanes) is 13. The quantitative estimate of drug-likeness (QED) is 0.303. The van der Waals surface area contributed by atoms with E-state index in [1.807, 2.05) is 11.8 Å². The van der Waals surface area contributed by atoms with E-state index in [2.05, 4.69) is 6.92 Å². The lowest BCUT2D eigenvalue weighted by Gasteiger charge is -2.03. The van der Waals surface area contributed by atoms with Gasteiger partial charge in [-0.3, -0.25) is 0 Å². The summed E-state index contributed by atoms with van der Waals surface area (Å²) in [4.78, 5) is 0. The van der Waals surface area contributed by atoms with Gasteiger partial charge in [-0.25, -0.2) is 0 Å². The molecule has 0 aliphatic heterocycles. The Morgan fingerprint density at radius 1 is 0.571 bits per heavy atom. The first-order chi connectivity index (χ1) is 9.91. The Hall–Kier alpha value is 0.600. The number of nitrogens with two attached hydrogens (primary N) is 1. The Morgan fingerprint density at radius 3 is 1.33 bits per heavy atom. The van der Waals surface area contributed by atoms with Gasteiger partial charge in [0.1, 0.15) is 0 Å². The van der Waals surface area contributed by atoms with Crippen molar-refractivity contribution in [1.82, 2.24) is 0 Å². The first-order valence-corrected chi connectivity index (χ1v) is 10.3. The van der Waals surface area contributed by atoms with Crippen LogP contribution >= 0.6 is 24.2 Å². The predicted octanol–water partition coefficient (Wildman–Crippen LogP) is 6.58. The molecular formula is C18H40ClNS. The van der Waals surface area contributed by atoms with Crippen LogP contribution in [0.25, 0.3) is 0 Å². The summed E-state index contributed by atoms with van der Waals surface area (Å²) in [7, 11) is 0. The summed E-state index contributed by atoms with van der Waals surface area (Å²) in [6, 6.07) is 0. The van der Waals surface area contributed by atoms with E-state index >= 15 is 0 Å². The zero-order valence-electron chi connectivity index (χ0n) is 14.4. The number of thioether (sulfide) groups is 1. The SMILES string of the molecule is CCCCCCCCCCCCCCCCSCCN.Cl. The van der Waals surface area contributed by atoms with Gasteiger partial charge in [-0.15, -0.1) is 12.4 Å². The molecule has 0 spiro atoms.